The summed E-state index contributed by atoms with van der Waals surface area (Å²) in [6.07, 6.45) is 3.27. The lowest BCUT2D eigenvalue weighted by Gasteiger charge is -2.03. The Kier molecular flexibility index (Phi) is 3.52. The van der Waals surface area contributed by atoms with Gasteiger partial charge in [0.15, 0.2) is 5.69 Å². The number of rotatable bonds is 4. The van der Waals surface area contributed by atoms with Crippen molar-refractivity contribution in [3.8, 4) is 11.2 Å². The summed E-state index contributed by atoms with van der Waals surface area (Å²) < 4.78 is 1.66. The Hall–Kier alpha value is -2.52. The van der Waals surface area contributed by atoms with Crippen molar-refractivity contribution in [1.29, 1.82) is 5.26 Å². The topological polar surface area (TPSA) is 67.4 Å². The SMILES string of the molecule is N#Cc1nnn(-c2nccs2)c1CCc1ccccc1. The van der Waals surface area contributed by atoms with Crippen LogP contribution < -0.4 is 0 Å². The van der Waals surface area contributed by atoms with E-state index in [9.17, 15) is 0 Å². The molecule has 0 saturated heterocycles. The van der Waals surface area contributed by atoms with Gasteiger partial charge in [0.1, 0.15) is 6.07 Å². The first-order valence-electron chi connectivity index (χ1n) is 6.17. The van der Waals surface area contributed by atoms with E-state index >= 15 is 0 Å². The third kappa shape index (κ3) is 2.44. The number of hydrogen-bond donors (Lipinski definition) is 0. The molecule has 20 heavy (non-hydrogen) atoms. The van der Waals surface area contributed by atoms with Crippen LogP contribution in [0.15, 0.2) is 41.9 Å². The van der Waals surface area contributed by atoms with Crippen LogP contribution in [0.5, 0.6) is 0 Å². The molecule has 2 aromatic heterocycles. The normalized spacial score (nSPS) is 10.3. The molecule has 0 aliphatic heterocycles. The third-order valence-corrected chi connectivity index (χ3v) is 3.71. The number of hydrogen-bond acceptors (Lipinski definition) is 5. The van der Waals surface area contributed by atoms with Crippen molar-refractivity contribution in [1.82, 2.24) is 20.0 Å². The number of thiazole rings is 1. The van der Waals surface area contributed by atoms with Gasteiger partial charge in [0.2, 0.25) is 5.13 Å². The summed E-state index contributed by atoms with van der Waals surface area (Å²) in [6, 6.07) is 12.3. The Bertz CT molecular complexity index is 725. The summed E-state index contributed by atoms with van der Waals surface area (Å²) in [5.74, 6) is 0. The van der Waals surface area contributed by atoms with Crippen molar-refractivity contribution in [3.63, 3.8) is 0 Å². The van der Waals surface area contributed by atoms with Crippen molar-refractivity contribution >= 4 is 11.3 Å². The summed E-state index contributed by atoms with van der Waals surface area (Å²) in [6.45, 7) is 0. The Balaban J connectivity index is 1.88. The molecule has 0 radical (unpaired) electrons. The van der Waals surface area contributed by atoms with Gasteiger partial charge in [-0.25, -0.2) is 4.98 Å². The molecule has 1 aromatic carbocycles. The van der Waals surface area contributed by atoms with Crippen molar-refractivity contribution in [3.05, 3.63) is 58.9 Å². The van der Waals surface area contributed by atoms with Crippen molar-refractivity contribution in [2.24, 2.45) is 0 Å². The fraction of sp³-hybridized carbons (Fsp3) is 0.143. The Morgan fingerprint density at radius 1 is 1.20 bits per heavy atom. The molecule has 2 heterocycles. The van der Waals surface area contributed by atoms with E-state index in [0.717, 1.165) is 17.2 Å². The van der Waals surface area contributed by atoms with E-state index in [2.05, 4.69) is 33.5 Å². The fourth-order valence-electron chi connectivity index (χ4n) is 1.99. The lowest BCUT2D eigenvalue weighted by atomic mass is 10.1. The average molecular weight is 281 g/mol. The van der Waals surface area contributed by atoms with E-state index in [1.807, 2.05) is 23.6 Å². The lowest BCUT2D eigenvalue weighted by Crippen LogP contribution is -2.04. The van der Waals surface area contributed by atoms with Gasteiger partial charge in [-0.15, -0.1) is 16.4 Å². The summed E-state index contributed by atoms with van der Waals surface area (Å²) in [5, 5.41) is 19.7. The predicted molar refractivity (Wildman–Crippen MR) is 75.6 cm³/mol. The zero-order valence-corrected chi connectivity index (χ0v) is 11.4. The molecule has 3 rings (SSSR count). The summed E-state index contributed by atoms with van der Waals surface area (Å²) in [4.78, 5) is 4.22. The largest absolute Gasteiger partial charge is 0.227 e. The van der Waals surface area contributed by atoms with Gasteiger partial charge < -0.3 is 0 Å². The van der Waals surface area contributed by atoms with Crippen LogP contribution in [-0.4, -0.2) is 20.0 Å². The minimum atomic E-state index is 0.371. The standard InChI is InChI=1S/C14H11N5S/c15-10-12-13(7-6-11-4-2-1-3-5-11)19(18-17-12)14-16-8-9-20-14/h1-5,8-9H,6-7H2. The van der Waals surface area contributed by atoms with Crippen molar-refractivity contribution in [2.45, 2.75) is 12.8 Å². The maximum atomic E-state index is 9.14. The first kappa shape index (κ1) is 12.5. The van der Waals surface area contributed by atoms with Gasteiger partial charge >= 0.3 is 0 Å². The molecular formula is C14H11N5S. The molecule has 0 aliphatic rings. The van der Waals surface area contributed by atoms with Gasteiger partial charge in [-0.2, -0.15) is 9.94 Å². The van der Waals surface area contributed by atoms with Crippen LogP contribution in [0, 0.1) is 11.3 Å². The number of aryl methyl sites for hydroxylation is 1. The van der Waals surface area contributed by atoms with Gasteiger partial charge in [0.05, 0.1) is 5.69 Å². The maximum absolute atomic E-state index is 9.14. The van der Waals surface area contributed by atoms with Gasteiger partial charge in [-0.05, 0) is 18.4 Å². The van der Waals surface area contributed by atoms with Crippen LogP contribution in [0.1, 0.15) is 17.0 Å². The number of nitriles is 1. The predicted octanol–water partition coefficient (Wildman–Crippen LogP) is 2.38. The van der Waals surface area contributed by atoms with Crippen molar-refractivity contribution < 1.29 is 0 Å². The fourth-order valence-corrected chi connectivity index (χ4v) is 2.61. The second-order valence-corrected chi connectivity index (χ2v) is 5.08. The zero-order valence-electron chi connectivity index (χ0n) is 10.6. The molecule has 98 valence electrons. The number of nitrogens with zero attached hydrogens (tertiary/aromatic N) is 5. The highest BCUT2D eigenvalue weighted by Gasteiger charge is 2.15. The lowest BCUT2D eigenvalue weighted by molar-refractivity contribution is 0.747. The van der Waals surface area contributed by atoms with Gasteiger partial charge in [-0.3, -0.25) is 0 Å². The molecule has 0 spiro atoms. The molecule has 0 atom stereocenters. The summed E-state index contributed by atoms with van der Waals surface area (Å²) in [7, 11) is 0. The second kappa shape index (κ2) is 5.63. The van der Waals surface area contributed by atoms with Gasteiger partial charge in [0.25, 0.3) is 0 Å². The highest BCUT2D eigenvalue weighted by molar-refractivity contribution is 7.12. The second-order valence-electron chi connectivity index (χ2n) is 4.21. The molecule has 3 aromatic rings. The molecule has 0 unspecified atom stereocenters. The van der Waals surface area contributed by atoms with Crippen LogP contribution in [0.25, 0.3) is 5.13 Å². The number of aromatic nitrogens is 4. The van der Waals surface area contributed by atoms with E-state index in [1.165, 1.54) is 16.9 Å². The molecule has 0 amide bonds. The Morgan fingerprint density at radius 3 is 2.75 bits per heavy atom. The van der Waals surface area contributed by atoms with Gasteiger partial charge in [-0.1, -0.05) is 35.5 Å². The van der Waals surface area contributed by atoms with Crippen LogP contribution in [0.2, 0.25) is 0 Å². The van der Waals surface area contributed by atoms with Crippen LogP contribution >= 0.6 is 11.3 Å². The molecule has 0 saturated carbocycles. The summed E-state index contributed by atoms with van der Waals surface area (Å²) >= 11 is 1.48. The highest BCUT2D eigenvalue weighted by Crippen LogP contribution is 2.16. The molecule has 0 bridgehead atoms. The first-order chi connectivity index (χ1) is 9.88. The van der Waals surface area contributed by atoms with E-state index in [1.54, 1.807) is 10.9 Å². The van der Waals surface area contributed by atoms with Crippen molar-refractivity contribution in [2.75, 3.05) is 0 Å². The molecule has 5 nitrogen and oxygen atoms in total. The van der Waals surface area contributed by atoms with Gasteiger partial charge in [0, 0.05) is 11.6 Å². The quantitative estimate of drug-likeness (QED) is 0.736. The van der Waals surface area contributed by atoms with Crippen LogP contribution in [0.4, 0.5) is 0 Å². The average Bonchev–Trinajstić information content (AvgIpc) is 3.14. The van der Waals surface area contributed by atoms with Crippen LogP contribution in [0.3, 0.4) is 0 Å². The maximum Gasteiger partial charge on any atom is 0.211 e. The molecule has 0 N–H and O–H groups in total. The molecule has 0 aliphatic carbocycles. The molecular weight excluding hydrogens is 270 g/mol. The zero-order chi connectivity index (χ0) is 13.8. The molecule has 6 heteroatoms. The van der Waals surface area contributed by atoms with E-state index < -0.39 is 0 Å². The first-order valence-corrected chi connectivity index (χ1v) is 7.05. The third-order valence-electron chi connectivity index (χ3n) is 2.96. The van der Waals surface area contributed by atoms with E-state index in [-0.39, 0.29) is 0 Å². The van der Waals surface area contributed by atoms with E-state index in [0.29, 0.717) is 12.1 Å². The smallest absolute Gasteiger partial charge is 0.211 e. The summed E-state index contributed by atoms with van der Waals surface area (Å²) in [5.41, 5.74) is 2.41. The molecule has 0 fully saturated rings. The van der Waals surface area contributed by atoms with Crippen LogP contribution in [-0.2, 0) is 12.8 Å². The van der Waals surface area contributed by atoms with E-state index in [4.69, 9.17) is 5.26 Å². The minimum Gasteiger partial charge on any atom is -0.227 e. The monoisotopic (exact) mass is 281 g/mol. The Labute approximate surface area is 120 Å². The number of benzene rings is 1. The minimum absolute atomic E-state index is 0.371. The Morgan fingerprint density at radius 2 is 2.05 bits per heavy atom. The highest BCUT2D eigenvalue weighted by atomic mass is 32.1.